The maximum atomic E-state index is 6.49. The molecule has 4 heteroatoms. The van der Waals surface area contributed by atoms with Crippen LogP contribution in [0.2, 0.25) is 0 Å². The number of rotatable bonds is 3. The van der Waals surface area contributed by atoms with Gasteiger partial charge in [0.25, 0.3) is 0 Å². The minimum atomic E-state index is 0.167. The van der Waals surface area contributed by atoms with Crippen molar-refractivity contribution in [2.24, 2.45) is 23.5 Å². The number of aryl methyl sites for hydroxylation is 1. The van der Waals surface area contributed by atoms with Crippen molar-refractivity contribution in [2.45, 2.75) is 45.2 Å². The zero-order valence-electron chi connectivity index (χ0n) is 10.3. The van der Waals surface area contributed by atoms with Crippen molar-refractivity contribution in [3.8, 4) is 0 Å². The SMILES string of the molecule is CCn1ncc(Br)c1C(N)C1C2CCCCC21. The second-order valence-corrected chi connectivity index (χ2v) is 6.26. The third kappa shape index (κ3) is 1.85. The molecule has 2 N–H and O–H groups in total. The van der Waals surface area contributed by atoms with E-state index in [2.05, 4.69) is 28.0 Å². The van der Waals surface area contributed by atoms with E-state index < -0.39 is 0 Å². The highest BCUT2D eigenvalue weighted by atomic mass is 79.9. The quantitative estimate of drug-likeness (QED) is 0.932. The van der Waals surface area contributed by atoms with E-state index in [1.54, 1.807) is 0 Å². The Bertz CT molecular complexity index is 403. The van der Waals surface area contributed by atoms with Crippen LogP contribution < -0.4 is 5.73 Å². The number of hydrogen-bond donors (Lipinski definition) is 1. The lowest BCUT2D eigenvalue weighted by Gasteiger charge is -2.14. The van der Waals surface area contributed by atoms with Gasteiger partial charge in [-0.05, 0) is 53.4 Å². The minimum Gasteiger partial charge on any atom is -0.322 e. The topological polar surface area (TPSA) is 43.8 Å². The average Bonchev–Trinajstić information content (AvgIpc) is 2.96. The van der Waals surface area contributed by atoms with Crippen LogP contribution in [0.5, 0.6) is 0 Å². The molecule has 0 aromatic carbocycles. The van der Waals surface area contributed by atoms with Crippen molar-refractivity contribution in [3.63, 3.8) is 0 Å². The lowest BCUT2D eigenvalue weighted by atomic mass is 10.0. The van der Waals surface area contributed by atoms with E-state index in [0.717, 1.165) is 22.9 Å². The number of nitrogens with two attached hydrogens (primary N) is 1. The Hall–Kier alpha value is -0.350. The highest BCUT2D eigenvalue weighted by Gasteiger charge is 2.54. The first-order valence-corrected chi connectivity index (χ1v) is 7.50. The molecule has 2 saturated carbocycles. The van der Waals surface area contributed by atoms with Crippen LogP contribution in [0.4, 0.5) is 0 Å². The summed E-state index contributed by atoms with van der Waals surface area (Å²) in [6, 6.07) is 0.167. The molecule has 0 amide bonds. The molecule has 1 aromatic heterocycles. The Labute approximate surface area is 111 Å². The van der Waals surface area contributed by atoms with Gasteiger partial charge in [-0.15, -0.1) is 0 Å². The van der Waals surface area contributed by atoms with E-state index in [1.807, 2.05) is 10.9 Å². The summed E-state index contributed by atoms with van der Waals surface area (Å²) in [5, 5.41) is 4.37. The molecule has 3 nitrogen and oxygen atoms in total. The van der Waals surface area contributed by atoms with Gasteiger partial charge in [0.15, 0.2) is 0 Å². The van der Waals surface area contributed by atoms with Crippen molar-refractivity contribution in [1.29, 1.82) is 0 Å². The fourth-order valence-electron chi connectivity index (χ4n) is 3.72. The van der Waals surface area contributed by atoms with Crippen LogP contribution in [0.25, 0.3) is 0 Å². The fraction of sp³-hybridized carbons (Fsp3) is 0.769. The third-order valence-electron chi connectivity index (χ3n) is 4.59. The molecule has 17 heavy (non-hydrogen) atoms. The Morgan fingerprint density at radius 3 is 2.71 bits per heavy atom. The molecule has 3 unspecified atom stereocenters. The summed E-state index contributed by atoms with van der Waals surface area (Å²) < 4.78 is 3.12. The van der Waals surface area contributed by atoms with Gasteiger partial charge in [-0.1, -0.05) is 12.8 Å². The van der Waals surface area contributed by atoms with Gasteiger partial charge in [-0.2, -0.15) is 5.10 Å². The van der Waals surface area contributed by atoms with Crippen molar-refractivity contribution in [3.05, 3.63) is 16.4 Å². The Balaban J connectivity index is 1.82. The van der Waals surface area contributed by atoms with Crippen LogP contribution in [0, 0.1) is 17.8 Å². The predicted molar refractivity (Wildman–Crippen MR) is 71.5 cm³/mol. The highest BCUT2D eigenvalue weighted by molar-refractivity contribution is 9.10. The molecule has 2 aliphatic carbocycles. The van der Waals surface area contributed by atoms with Gasteiger partial charge in [0.1, 0.15) is 0 Å². The largest absolute Gasteiger partial charge is 0.322 e. The average molecular weight is 298 g/mol. The van der Waals surface area contributed by atoms with Gasteiger partial charge in [-0.25, -0.2) is 0 Å². The summed E-state index contributed by atoms with van der Waals surface area (Å²) in [4.78, 5) is 0. The van der Waals surface area contributed by atoms with E-state index >= 15 is 0 Å². The van der Waals surface area contributed by atoms with Crippen molar-refractivity contribution >= 4 is 15.9 Å². The molecule has 0 spiro atoms. The van der Waals surface area contributed by atoms with Gasteiger partial charge in [0.05, 0.1) is 22.4 Å². The fourth-order valence-corrected chi connectivity index (χ4v) is 4.28. The summed E-state index contributed by atoms with van der Waals surface area (Å²) >= 11 is 3.59. The molecular formula is C13H20BrN3. The van der Waals surface area contributed by atoms with E-state index in [9.17, 15) is 0 Å². The smallest absolute Gasteiger partial charge is 0.0696 e. The van der Waals surface area contributed by atoms with Crippen molar-refractivity contribution in [2.75, 3.05) is 0 Å². The Morgan fingerprint density at radius 2 is 2.12 bits per heavy atom. The molecule has 0 bridgehead atoms. The lowest BCUT2D eigenvalue weighted by Crippen LogP contribution is -2.19. The van der Waals surface area contributed by atoms with Gasteiger partial charge in [0, 0.05) is 6.54 Å². The van der Waals surface area contributed by atoms with Crippen molar-refractivity contribution in [1.82, 2.24) is 9.78 Å². The molecule has 94 valence electrons. The number of fused-ring (bicyclic) bond motifs is 1. The molecule has 0 saturated heterocycles. The molecule has 3 atom stereocenters. The first-order valence-electron chi connectivity index (χ1n) is 6.70. The maximum Gasteiger partial charge on any atom is 0.0696 e. The second kappa shape index (κ2) is 4.39. The predicted octanol–water partition coefficient (Wildman–Crippen LogP) is 3.10. The van der Waals surface area contributed by atoms with E-state index in [4.69, 9.17) is 5.73 Å². The monoisotopic (exact) mass is 297 g/mol. The number of nitrogens with zero attached hydrogens (tertiary/aromatic N) is 2. The lowest BCUT2D eigenvalue weighted by molar-refractivity contribution is 0.480. The molecule has 2 aliphatic rings. The second-order valence-electron chi connectivity index (χ2n) is 5.41. The number of hydrogen-bond acceptors (Lipinski definition) is 2. The van der Waals surface area contributed by atoms with Crippen LogP contribution >= 0.6 is 15.9 Å². The maximum absolute atomic E-state index is 6.49. The van der Waals surface area contributed by atoms with Gasteiger partial charge < -0.3 is 5.73 Å². The van der Waals surface area contributed by atoms with E-state index in [1.165, 1.54) is 31.4 Å². The molecule has 0 radical (unpaired) electrons. The van der Waals surface area contributed by atoms with Crippen LogP contribution in [-0.4, -0.2) is 9.78 Å². The third-order valence-corrected chi connectivity index (χ3v) is 5.20. The normalized spacial score (nSPS) is 33.2. The van der Waals surface area contributed by atoms with Gasteiger partial charge in [-0.3, -0.25) is 4.68 Å². The van der Waals surface area contributed by atoms with Gasteiger partial charge in [0.2, 0.25) is 0 Å². The molecular weight excluding hydrogens is 278 g/mol. The van der Waals surface area contributed by atoms with E-state index in [0.29, 0.717) is 5.92 Å². The summed E-state index contributed by atoms with van der Waals surface area (Å²) in [5.74, 6) is 2.49. The summed E-state index contributed by atoms with van der Waals surface area (Å²) in [7, 11) is 0. The summed E-state index contributed by atoms with van der Waals surface area (Å²) in [5.41, 5.74) is 7.69. The zero-order valence-corrected chi connectivity index (χ0v) is 11.9. The molecule has 3 rings (SSSR count). The zero-order chi connectivity index (χ0) is 12.0. The van der Waals surface area contributed by atoms with Gasteiger partial charge >= 0.3 is 0 Å². The first kappa shape index (κ1) is 11.7. The van der Waals surface area contributed by atoms with Crippen LogP contribution in [0.1, 0.15) is 44.3 Å². The Morgan fingerprint density at radius 1 is 1.47 bits per heavy atom. The number of halogens is 1. The molecule has 0 aliphatic heterocycles. The van der Waals surface area contributed by atoms with E-state index in [-0.39, 0.29) is 6.04 Å². The Kier molecular flexibility index (Phi) is 3.03. The van der Waals surface area contributed by atoms with Crippen LogP contribution in [-0.2, 0) is 6.54 Å². The molecule has 2 fully saturated rings. The van der Waals surface area contributed by atoms with Crippen molar-refractivity contribution < 1.29 is 0 Å². The minimum absolute atomic E-state index is 0.167. The summed E-state index contributed by atoms with van der Waals surface area (Å²) in [6.07, 6.45) is 7.46. The molecule has 1 heterocycles. The van der Waals surface area contributed by atoms with Crippen LogP contribution in [0.3, 0.4) is 0 Å². The van der Waals surface area contributed by atoms with Crippen LogP contribution in [0.15, 0.2) is 10.7 Å². The number of aromatic nitrogens is 2. The molecule has 1 aromatic rings. The summed E-state index contributed by atoms with van der Waals surface area (Å²) in [6.45, 7) is 3.02. The standard InChI is InChI=1S/C13H20BrN3/c1-2-17-13(10(14)7-16-17)12(15)11-8-5-3-4-6-9(8)11/h7-9,11-12H,2-6,15H2,1H3. The first-order chi connectivity index (χ1) is 8.24. The highest BCUT2D eigenvalue weighted by Crippen LogP contribution is 2.60.